The molecule has 0 radical (unpaired) electrons. The van der Waals surface area contributed by atoms with E-state index in [4.69, 9.17) is 0 Å². The zero-order chi connectivity index (χ0) is 26.3. The highest BCUT2D eigenvalue weighted by Crippen LogP contribution is 2.34. The zero-order valence-electron chi connectivity index (χ0n) is 21.5. The monoisotopic (exact) mass is 522 g/mol. The van der Waals surface area contributed by atoms with E-state index in [9.17, 15) is 18.0 Å². The van der Waals surface area contributed by atoms with Crippen LogP contribution >= 0.6 is 0 Å². The van der Waals surface area contributed by atoms with Gasteiger partial charge in [0.1, 0.15) is 11.4 Å². The van der Waals surface area contributed by atoms with Crippen molar-refractivity contribution in [3.63, 3.8) is 0 Å². The fraction of sp³-hybridized carbons (Fsp3) is 0.680. The number of likely N-dealkylation sites (tertiary alicyclic amines) is 2. The molecular formula is C25H37F3N8O. The molecule has 0 saturated carbocycles. The lowest BCUT2D eigenvalue weighted by Gasteiger charge is -2.26. The van der Waals surface area contributed by atoms with E-state index in [0.717, 1.165) is 57.3 Å². The molecule has 0 aliphatic carbocycles. The van der Waals surface area contributed by atoms with Crippen molar-refractivity contribution < 1.29 is 18.0 Å². The Morgan fingerprint density at radius 3 is 2.54 bits per heavy atom. The fourth-order valence-corrected chi connectivity index (χ4v) is 4.87. The Labute approximate surface area is 215 Å². The van der Waals surface area contributed by atoms with Crippen LogP contribution in [0.15, 0.2) is 12.4 Å². The van der Waals surface area contributed by atoms with Crippen LogP contribution in [0.1, 0.15) is 62.6 Å². The van der Waals surface area contributed by atoms with E-state index in [-0.39, 0.29) is 24.2 Å². The van der Waals surface area contributed by atoms with Crippen LogP contribution in [0.3, 0.4) is 0 Å². The van der Waals surface area contributed by atoms with Crippen LogP contribution < -0.4 is 10.6 Å². The number of piperidine rings is 2. The number of carbonyl (C=O) groups excluding carboxylic acids is 1. The minimum atomic E-state index is -4.58. The normalized spacial score (nSPS) is 17.3. The highest BCUT2D eigenvalue weighted by Gasteiger charge is 2.35. The maximum atomic E-state index is 13.6. The molecule has 2 aromatic heterocycles. The maximum Gasteiger partial charge on any atom is 0.421 e. The Morgan fingerprint density at radius 2 is 1.78 bits per heavy atom. The lowest BCUT2D eigenvalue weighted by Crippen LogP contribution is -2.36. The molecule has 0 bridgehead atoms. The molecule has 0 unspecified atom stereocenters. The number of alkyl halides is 3. The SMILES string of the molecule is Cc1nn(CCCN2CCCCC2)cc1Nc1ncc(C(F)(F)F)c(NCCCN2CCCCC2=O)n1. The van der Waals surface area contributed by atoms with Crippen LogP contribution in [0.5, 0.6) is 0 Å². The smallest absolute Gasteiger partial charge is 0.369 e. The number of hydrogen-bond acceptors (Lipinski definition) is 7. The van der Waals surface area contributed by atoms with Crippen LogP contribution in [0, 0.1) is 6.92 Å². The Bertz CT molecular complexity index is 1040. The number of aryl methyl sites for hydroxylation is 2. The summed E-state index contributed by atoms with van der Waals surface area (Å²) in [6.07, 6.45) is 5.80. The standard InChI is InChI=1S/C25H37F3N8O/c1-19-21(18-36(33-19)16-8-13-34-11-4-2-5-12-34)31-24-30-17-20(25(26,27)28)23(32-24)29-10-7-15-35-14-6-3-9-22(35)37/h17-18H,2-16H2,1H3,(H2,29,30,31,32). The molecule has 4 heterocycles. The van der Waals surface area contributed by atoms with Crippen LogP contribution in [0.4, 0.5) is 30.6 Å². The summed E-state index contributed by atoms with van der Waals surface area (Å²) in [4.78, 5) is 24.2. The van der Waals surface area contributed by atoms with E-state index in [1.165, 1.54) is 19.3 Å². The molecule has 12 heteroatoms. The number of amides is 1. The van der Waals surface area contributed by atoms with Crippen molar-refractivity contribution in [3.05, 3.63) is 23.7 Å². The second-order valence-electron chi connectivity index (χ2n) is 9.84. The number of carbonyl (C=O) groups is 1. The first kappa shape index (κ1) is 27.2. The molecular weight excluding hydrogens is 485 g/mol. The number of anilines is 3. The van der Waals surface area contributed by atoms with E-state index < -0.39 is 11.7 Å². The number of rotatable bonds is 11. The summed E-state index contributed by atoms with van der Waals surface area (Å²) >= 11 is 0. The molecule has 9 nitrogen and oxygen atoms in total. The summed E-state index contributed by atoms with van der Waals surface area (Å²) in [6.45, 7) is 7.43. The summed E-state index contributed by atoms with van der Waals surface area (Å²) in [5.41, 5.74) is 0.465. The first-order valence-corrected chi connectivity index (χ1v) is 13.3. The molecule has 4 rings (SSSR count). The van der Waals surface area contributed by atoms with Gasteiger partial charge in [-0.15, -0.1) is 0 Å². The summed E-state index contributed by atoms with van der Waals surface area (Å²) in [5.74, 6) is -0.0996. The number of nitrogens with zero attached hydrogens (tertiary/aromatic N) is 6. The lowest BCUT2D eigenvalue weighted by molar-refractivity contribution is -0.137. The van der Waals surface area contributed by atoms with Crippen molar-refractivity contribution in [2.24, 2.45) is 0 Å². The van der Waals surface area contributed by atoms with E-state index >= 15 is 0 Å². The molecule has 1 amide bonds. The summed E-state index contributed by atoms with van der Waals surface area (Å²) in [5, 5.41) is 10.4. The van der Waals surface area contributed by atoms with E-state index in [0.29, 0.717) is 31.6 Å². The quantitative estimate of drug-likeness (QED) is 0.422. The van der Waals surface area contributed by atoms with Crippen LogP contribution in [-0.2, 0) is 17.5 Å². The largest absolute Gasteiger partial charge is 0.421 e. The first-order valence-electron chi connectivity index (χ1n) is 13.3. The Balaban J connectivity index is 1.34. The molecule has 2 aromatic rings. The highest BCUT2D eigenvalue weighted by molar-refractivity contribution is 5.76. The first-order chi connectivity index (χ1) is 17.8. The van der Waals surface area contributed by atoms with E-state index in [1.807, 2.05) is 17.8 Å². The molecule has 2 aliphatic heterocycles. The van der Waals surface area contributed by atoms with Gasteiger partial charge in [-0.1, -0.05) is 6.42 Å². The minimum Gasteiger partial charge on any atom is -0.369 e. The van der Waals surface area contributed by atoms with Crippen molar-refractivity contribution in [2.45, 2.75) is 71.0 Å². The van der Waals surface area contributed by atoms with Gasteiger partial charge >= 0.3 is 6.18 Å². The molecule has 0 aromatic carbocycles. The van der Waals surface area contributed by atoms with Crippen molar-refractivity contribution in [3.8, 4) is 0 Å². The van der Waals surface area contributed by atoms with E-state index in [2.05, 4.69) is 30.6 Å². The average Bonchev–Trinajstić information content (AvgIpc) is 3.21. The second-order valence-corrected chi connectivity index (χ2v) is 9.84. The van der Waals surface area contributed by atoms with Crippen LogP contribution in [0.25, 0.3) is 0 Å². The van der Waals surface area contributed by atoms with Gasteiger partial charge in [0.05, 0.1) is 11.4 Å². The molecule has 2 N–H and O–H groups in total. The van der Waals surface area contributed by atoms with Crippen molar-refractivity contribution in [2.75, 3.05) is 49.9 Å². The molecule has 2 fully saturated rings. The van der Waals surface area contributed by atoms with Crippen molar-refractivity contribution in [1.29, 1.82) is 0 Å². The van der Waals surface area contributed by atoms with E-state index in [1.54, 1.807) is 4.90 Å². The molecule has 0 spiro atoms. The molecule has 37 heavy (non-hydrogen) atoms. The molecule has 2 saturated heterocycles. The number of halogens is 3. The van der Waals surface area contributed by atoms with Gasteiger partial charge < -0.3 is 20.4 Å². The summed E-state index contributed by atoms with van der Waals surface area (Å²) < 4.78 is 42.6. The summed E-state index contributed by atoms with van der Waals surface area (Å²) in [6, 6.07) is 0. The van der Waals surface area contributed by atoms with Gasteiger partial charge in [-0.3, -0.25) is 9.48 Å². The number of hydrogen-bond donors (Lipinski definition) is 2. The van der Waals surface area contributed by atoms with Crippen LogP contribution in [0.2, 0.25) is 0 Å². The molecule has 204 valence electrons. The lowest BCUT2D eigenvalue weighted by atomic mass is 10.1. The average molecular weight is 523 g/mol. The van der Waals surface area contributed by atoms with Gasteiger partial charge in [0.15, 0.2) is 0 Å². The number of nitrogens with one attached hydrogen (secondary N) is 2. The topological polar surface area (TPSA) is 91.2 Å². The van der Waals surface area contributed by atoms with Gasteiger partial charge in [0.25, 0.3) is 0 Å². The Morgan fingerprint density at radius 1 is 1.00 bits per heavy atom. The second kappa shape index (κ2) is 12.6. The summed E-state index contributed by atoms with van der Waals surface area (Å²) in [7, 11) is 0. The van der Waals surface area contributed by atoms with Gasteiger partial charge in [-0.25, -0.2) is 4.98 Å². The van der Waals surface area contributed by atoms with Gasteiger partial charge in [-0.05, 0) is 65.1 Å². The Kier molecular flexibility index (Phi) is 9.23. The third kappa shape index (κ3) is 7.80. The maximum absolute atomic E-state index is 13.6. The van der Waals surface area contributed by atoms with Crippen molar-refractivity contribution >= 4 is 23.4 Å². The minimum absolute atomic E-state index is 0.0673. The molecule has 0 atom stereocenters. The Hall–Kier alpha value is -2.89. The van der Waals surface area contributed by atoms with Gasteiger partial charge in [0, 0.05) is 45.0 Å². The number of aromatic nitrogens is 4. The third-order valence-electron chi connectivity index (χ3n) is 6.92. The molecule has 2 aliphatic rings. The van der Waals surface area contributed by atoms with Crippen molar-refractivity contribution in [1.82, 2.24) is 29.5 Å². The third-order valence-corrected chi connectivity index (χ3v) is 6.92. The predicted octanol–water partition coefficient (Wildman–Crippen LogP) is 4.43. The van der Waals surface area contributed by atoms with Gasteiger partial charge in [0.2, 0.25) is 11.9 Å². The van der Waals surface area contributed by atoms with Gasteiger partial charge in [-0.2, -0.15) is 23.3 Å². The predicted molar refractivity (Wildman–Crippen MR) is 136 cm³/mol. The van der Waals surface area contributed by atoms with Crippen LogP contribution in [-0.4, -0.2) is 74.7 Å². The highest BCUT2D eigenvalue weighted by atomic mass is 19.4. The fourth-order valence-electron chi connectivity index (χ4n) is 4.87. The zero-order valence-corrected chi connectivity index (χ0v) is 21.5.